The number of aromatic nitrogens is 3. The van der Waals surface area contributed by atoms with Crippen LogP contribution in [0.4, 0.5) is 0 Å². The molecule has 0 aromatic carbocycles. The molecular weight excluding hydrogens is 212 g/mol. The Hall–Kier alpha value is -1.68. The van der Waals surface area contributed by atoms with E-state index in [4.69, 9.17) is 0 Å². The molecule has 0 radical (unpaired) electrons. The Bertz CT molecular complexity index is 447. The van der Waals surface area contributed by atoms with Crippen LogP contribution in [0.15, 0.2) is 30.7 Å². The molecule has 4 nitrogen and oxygen atoms in total. The first-order valence-electron chi connectivity index (χ1n) is 5.90. The highest BCUT2D eigenvalue weighted by Gasteiger charge is 2.03. The van der Waals surface area contributed by atoms with E-state index in [-0.39, 0.29) is 0 Å². The van der Waals surface area contributed by atoms with E-state index >= 15 is 0 Å². The van der Waals surface area contributed by atoms with Crippen molar-refractivity contribution in [2.24, 2.45) is 5.92 Å². The number of nitrogens with zero attached hydrogens (tertiary/aromatic N) is 2. The normalized spacial score (nSPS) is 11.0. The molecule has 0 saturated carbocycles. The number of pyridine rings is 1. The van der Waals surface area contributed by atoms with Gasteiger partial charge in [0.1, 0.15) is 5.82 Å². The number of rotatable bonds is 5. The summed E-state index contributed by atoms with van der Waals surface area (Å²) < 4.78 is 0. The summed E-state index contributed by atoms with van der Waals surface area (Å²) in [6, 6.07) is 3.91. The van der Waals surface area contributed by atoms with Gasteiger partial charge in [-0.2, -0.15) is 0 Å². The van der Waals surface area contributed by atoms with Gasteiger partial charge in [-0.1, -0.05) is 13.8 Å². The SMILES string of the molecule is CC(C)CNCc1cnc(-c2cccnc2)[nH]1. The van der Waals surface area contributed by atoms with Crippen molar-refractivity contribution < 1.29 is 0 Å². The van der Waals surface area contributed by atoms with Gasteiger partial charge < -0.3 is 10.3 Å². The largest absolute Gasteiger partial charge is 0.341 e. The van der Waals surface area contributed by atoms with Crippen LogP contribution < -0.4 is 5.32 Å². The second kappa shape index (κ2) is 5.59. The van der Waals surface area contributed by atoms with Crippen molar-refractivity contribution in [3.63, 3.8) is 0 Å². The van der Waals surface area contributed by atoms with Gasteiger partial charge in [-0.25, -0.2) is 4.98 Å². The van der Waals surface area contributed by atoms with Crippen LogP contribution in [0.5, 0.6) is 0 Å². The molecule has 0 amide bonds. The number of hydrogen-bond donors (Lipinski definition) is 2. The van der Waals surface area contributed by atoms with Gasteiger partial charge in [-0.05, 0) is 24.6 Å². The molecule has 0 atom stereocenters. The lowest BCUT2D eigenvalue weighted by atomic mass is 10.2. The van der Waals surface area contributed by atoms with Crippen molar-refractivity contribution in [3.05, 3.63) is 36.4 Å². The summed E-state index contributed by atoms with van der Waals surface area (Å²) in [5, 5.41) is 3.38. The Morgan fingerprint density at radius 3 is 2.94 bits per heavy atom. The molecule has 2 N–H and O–H groups in total. The predicted molar refractivity (Wildman–Crippen MR) is 68.4 cm³/mol. The van der Waals surface area contributed by atoms with Crippen LogP contribution >= 0.6 is 0 Å². The summed E-state index contributed by atoms with van der Waals surface area (Å²) in [5.41, 5.74) is 2.12. The molecule has 2 heterocycles. The van der Waals surface area contributed by atoms with E-state index in [2.05, 4.69) is 34.1 Å². The minimum Gasteiger partial charge on any atom is -0.341 e. The topological polar surface area (TPSA) is 53.6 Å². The van der Waals surface area contributed by atoms with E-state index in [1.54, 1.807) is 6.20 Å². The van der Waals surface area contributed by atoms with Gasteiger partial charge in [-0.15, -0.1) is 0 Å². The Labute approximate surface area is 102 Å². The first kappa shape index (κ1) is 11.8. The van der Waals surface area contributed by atoms with Gasteiger partial charge in [0.15, 0.2) is 0 Å². The zero-order chi connectivity index (χ0) is 12.1. The lowest BCUT2D eigenvalue weighted by Gasteiger charge is -2.05. The molecule has 2 aromatic heterocycles. The molecule has 0 aliphatic carbocycles. The Balaban J connectivity index is 1.97. The van der Waals surface area contributed by atoms with Gasteiger partial charge in [0, 0.05) is 36.4 Å². The molecule has 0 aliphatic rings. The molecule has 17 heavy (non-hydrogen) atoms. The first-order chi connectivity index (χ1) is 8.25. The third-order valence-electron chi connectivity index (χ3n) is 2.43. The quantitative estimate of drug-likeness (QED) is 0.828. The molecule has 0 spiro atoms. The second-order valence-electron chi connectivity index (χ2n) is 4.52. The van der Waals surface area contributed by atoms with Crippen LogP contribution in [0.1, 0.15) is 19.5 Å². The van der Waals surface area contributed by atoms with E-state index < -0.39 is 0 Å². The first-order valence-corrected chi connectivity index (χ1v) is 5.90. The molecule has 0 aliphatic heterocycles. The second-order valence-corrected chi connectivity index (χ2v) is 4.52. The Morgan fingerprint density at radius 1 is 1.35 bits per heavy atom. The molecule has 0 bridgehead atoms. The number of nitrogens with one attached hydrogen (secondary N) is 2. The number of H-pyrrole nitrogens is 1. The van der Waals surface area contributed by atoms with Crippen LogP contribution in [0.3, 0.4) is 0 Å². The van der Waals surface area contributed by atoms with Gasteiger partial charge >= 0.3 is 0 Å². The summed E-state index contributed by atoms with van der Waals surface area (Å²) >= 11 is 0. The molecular formula is C13H18N4. The van der Waals surface area contributed by atoms with Crippen molar-refractivity contribution in [3.8, 4) is 11.4 Å². The van der Waals surface area contributed by atoms with E-state index in [1.807, 2.05) is 24.5 Å². The Kier molecular flexibility index (Phi) is 3.88. The lowest BCUT2D eigenvalue weighted by molar-refractivity contribution is 0.549. The smallest absolute Gasteiger partial charge is 0.139 e. The van der Waals surface area contributed by atoms with Crippen molar-refractivity contribution in [1.82, 2.24) is 20.3 Å². The van der Waals surface area contributed by atoms with Crippen molar-refractivity contribution in [1.29, 1.82) is 0 Å². The highest BCUT2D eigenvalue weighted by Crippen LogP contribution is 2.13. The van der Waals surface area contributed by atoms with E-state index in [0.29, 0.717) is 5.92 Å². The summed E-state index contributed by atoms with van der Waals surface area (Å²) in [6.07, 6.45) is 5.44. The standard InChI is InChI=1S/C13H18N4/c1-10(2)6-15-8-12-9-16-13(17-12)11-4-3-5-14-7-11/h3-5,7,9-10,15H,6,8H2,1-2H3,(H,16,17). The third kappa shape index (κ3) is 3.39. The minimum absolute atomic E-state index is 0.663. The fourth-order valence-electron chi connectivity index (χ4n) is 1.59. The van der Waals surface area contributed by atoms with E-state index in [9.17, 15) is 0 Å². The molecule has 2 rings (SSSR count). The van der Waals surface area contributed by atoms with Gasteiger partial charge in [0.05, 0.1) is 0 Å². The predicted octanol–water partition coefficient (Wildman–Crippen LogP) is 2.22. The van der Waals surface area contributed by atoms with Gasteiger partial charge in [0.2, 0.25) is 0 Å². The minimum atomic E-state index is 0.663. The van der Waals surface area contributed by atoms with E-state index in [1.165, 1.54) is 0 Å². The van der Waals surface area contributed by atoms with Crippen LogP contribution in [0.25, 0.3) is 11.4 Å². The summed E-state index contributed by atoms with van der Waals surface area (Å²) in [7, 11) is 0. The van der Waals surface area contributed by atoms with Crippen molar-refractivity contribution in [2.45, 2.75) is 20.4 Å². The molecule has 0 saturated heterocycles. The van der Waals surface area contributed by atoms with Crippen molar-refractivity contribution in [2.75, 3.05) is 6.54 Å². The van der Waals surface area contributed by atoms with Gasteiger partial charge in [0.25, 0.3) is 0 Å². The number of imidazole rings is 1. The van der Waals surface area contributed by atoms with E-state index in [0.717, 1.165) is 30.2 Å². The van der Waals surface area contributed by atoms with Crippen molar-refractivity contribution >= 4 is 0 Å². The molecule has 2 aromatic rings. The summed E-state index contributed by atoms with van der Waals surface area (Å²) in [5.74, 6) is 1.54. The van der Waals surface area contributed by atoms with Crippen LogP contribution in [0, 0.1) is 5.92 Å². The highest BCUT2D eigenvalue weighted by molar-refractivity contribution is 5.53. The maximum atomic E-state index is 4.35. The van der Waals surface area contributed by atoms with Crippen LogP contribution in [0.2, 0.25) is 0 Å². The zero-order valence-corrected chi connectivity index (χ0v) is 10.3. The summed E-state index contributed by atoms with van der Waals surface area (Å²) in [4.78, 5) is 11.7. The maximum Gasteiger partial charge on any atom is 0.139 e. The average Bonchev–Trinajstić information content (AvgIpc) is 2.78. The monoisotopic (exact) mass is 230 g/mol. The summed E-state index contributed by atoms with van der Waals surface area (Å²) in [6.45, 7) is 6.23. The third-order valence-corrected chi connectivity index (χ3v) is 2.43. The number of aromatic amines is 1. The molecule has 4 heteroatoms. The van der Waals surface area contributed by atoms with Crippen LogP contribution in [-0.2, 0) is 6.54 Å². The molecule has 0 fully saturated rings. The Morgan fingerprint density at radius 2 is 2.24 bits per heavy atom. The fourth-order valence-corrected chi connectivity index (χ4v) is 1.59. The average molecular weight is 230 g/mol. The molecule has 90 valence electrons. The fraction of sp³-hybridized carbons (Fsp3) is 0.385. The zero-order valence-electron chi connectivity index (χ0n) is 10.3. The number of hydrogen-bond acceptors (Lipinski definition) is 3. The van der Waals surface area contributed by atoms with Crippen LogP contribution in [-0.4, -0.2) is 21.5 Å². The highest BCUT2D eigenvalue weighted by atomic mass is 15.0. The lowest BCUT2D eigenvalue weighted by Crippen LogP contribution is -2.19. The van der Waals surface area contributed by atoms with Gasteiger partial charge in [-0.3, -0.25) is 4.98 Å². The molecule has 0 unspecified atom stereocenters. The maximum absolute atomic E-state index is 4.35.